The molecule has 4 rings (SSSR count). The van der Waals surface area contributed by atoms with Crippen LogP contribution in [0.15, 0.2) is 54.6 Å². The lowest BCUT2D eigenvalue weighted by Gasteiger charge is -2.19. The van der Waals surface area contributed by atoms with E-state index < -0.39 is 11.9 Å². The molecule has 2 aromatic carbocycles. The quantitative estimate of drug-likeness (QED) is 0.705. The van der Waals surface area contributed by atoms with Crippen LogP contribution in [0.5, 0.6) is 11.5 Å². The van der Waals surface area contributed by atoms with E-state index in [1.807, 2.05) is 18.2 Å². The number of carboxylic acids is 1. The number of carboxylic acid groups (broad SMARTS) is 1. The Labute approximate surface area is 160 Å². The van der Waals surface area contributed by atoms with Crippen molar-refractivity contribution in [2.24, 2.45) is 0 Å². The van der Waals surface area contributed by atoms with E-state index in [-0.39, 0.29) is 17.9 Å². The van der Waals surface area contributed by atoms with Crippen LogP contribution in [0.4, 0.5) is 0 Å². The molecule has 28 heavy (non-hydrogen) atoms. The fourth-order valence-electron chi connectivity index (χ4n) is 2.88. The van der Waals surface area contributed by atoms with Gasteiger partial charge in [-0.15, -0.1) is 0 Å². The number of benzene rings is 2. The average Bonchev–Trinajstić information content (AvgIpc) is 3.18. The molecule has 0 atom stereocenters. The van der Waals surface area contributed by atoms with Crippen LogP contribution < -0.4 is 14.8 Å². The Balaban J connectivity index is 1.55. The summed E-state index contributed by atoms with van der Waals surface area (Å²) in [5.74, 6) is -0.315. The fraction of sp³-hybridized carbons (Fsp3) is 0.150. The maximum Gasteiger partial charge on any atom is 0.356 e. The van der Waals surface area contributed by atoms with Crippen molar-refractivity contribution in [3.8, 4) is 17.2 Å². The first-order valence-electron chi connectivity index (χ1n) is 8.67. The summed E-state index contributed by atoms with van der Waals surface area (Å²) < 4.78 is 12.4. The number of nitrogens with one attached hydrogen (secondary N) is 1. The van der Waals surface area contributed by atoms with Gasteiger partial charge in [0.05, 0.1) is 5.69 Å². The van der Waals surface area contributed by atoms with Gasteiger partial charge in [-0.3, -0.25) is 4.79 Å². The van der Waals surface area contributed by atoms with Crippen molar-refractivity contribution in [3.63, 3.8) is 0 Å². The SMILES string of the molecule is O=C(O)c1cc(C(=O)NCc2ccc3c(c2)OCCO3)n(-c2ccccc2)n1. The lowest BCUT2D eigenvalue weighted by atomic mass is 10.2. The molecule has 0 unspecified atom stereocenters. The summed E-state index contributed by atoms with van der Waals surface area (Å²) in [6, 6.07) is 15.6. The molecule has 1 aliphatic heterocycles. The number of fused-ring (bicyclic) bond motifs is 1. The van der Waals surface area contributed by atoms with Crippen LogP contribution in [0.2, 0.25) is 0 Å². The van der Waals surface area contributed by atoms with Gasteiger partial charge in [0.2, 0.25) is 0 Å². The maximum absolute atomic E-state index is 12.7. The molecule has 0 saturated carbocycles. The van der Waals surface area contributed by atoms with Gasteiger partial charge in [0, 0.05) is 12.6 Å². The molecular formula is C20H17N3O5. The topological polar surface area (TPSA) is 103 Å². The predicted octanol–water partition coefficient (Wildman–Crippen LogP) is 2.27. The third kappa shape index (κ3) is 3.52. The van der Waals surface area contributed by atoms with E-state index in [4.69, 9.17) is 9.47 Å². The maximum atomic E-state index is 12.7. The third-order valence-corrected chi connectivity index (χ3v) is 4.22. The Morgan fingerprint density at radius 2 is 1.79 bits per heavy atom. The van der Waals surface area contributed by atoms with Crippen LogP contribution >= 0.6 is 0 Å². The van der Waals surface area contributed by atoms with E-state index in [9.17, 15) is 14.7 Å². The minimum atomic E-state index is -1.20. The molecule has 142 valence electrons. The Morgan fingerprint density at radius 3 is 2.54 bits per heavy atom. The molecule has 0 saturated heterocycles. The Kier molecular flexibility index (Phi) is 4.67. The predicted molar refractivity (Wildman–Crippen MR) is 99.1 cm³/mol. The monoisotopic (exact) mass is 379 g/mol. The van der Waals surface area contributed by atoms with Gasteiger partial charge in [-0.05, 0) is 29.8 Å². The molecule has 1 aromatic heterocycles. The first kappa shape index (κ1) is 17.6. The number of hydrogen-bond acceptors (Lipinski definition) is 5. The summed E-state index contributed by atoms with van der Waals surface area (Å²) >= 11 is 0. The number of ether oxygens (including phenoxy) is 2. The van der Waals surface area contributed by atoms with Crippen molar-refractivity contribution in [3.05, 3.63) is 71.5 Å². The third-order valence-electron chi connectivity index (χ3n) is 4.22. The first-order chi connectivity index (χ1) is 13.6. The van der Waals surface area contributed by atoms with Gasteiger partial charge in [0.25, 0.3) is 5.91 Å². The number of aromatic carboxylic acids is 1. The molecule has 3 aromatic rings. The molecule has 0 radical (unpaired) electrons. The zero-order chi connectivity index (χ0) is 19.5. The van der Waals surface area contributed by atoms with Crippen molar-refractivity contribution in [2.75, 3.05) is 13.2 Å². The highest BCUT2D eigenvalue weighted by molar-refractivity contribution is 5.96. The minimum Gasteiger partial charge on any atom is -0.486 e. The van der Waals surface area contributed by atoms with Crippen LogP contribution in [-0.2, 0) is 6.54 Å². The summed E-state index contributed by atoms with van der Waals surface area (Å²) in [4.78, 5) is 24.0. The van der Waals surface area contributed by atoms with E-state index in [0.717, 1.165) is 5.56 Å². The van der Waals surface area contributed by atoms with Gasteiger partial charge < -0.3 is 19.9 Å². The first-order valence-corrected chi connectivity index (χ1v) is 8.67. The molecule has 1 aliphatic rings. The van der Waals surface area contributed by atoms with E-state index in [1.54, 1.807) is 30.3 Å². The second-order valence-corrected chi connectivity index (χ2v) is 6.13. The van der Waals surface area contributed by atoms with Crippen molar-refractivity contribution in [1.82, 2.24) is 15.1 Å². The van der Waals surface area contributed by atoms with Gasteiger partial charge >= 0.3 is 5.97 Å². The molecule has 8 heteroatoms. The molecule has 2 heterocycles. The van der Waals surface area contributed by atoms with Crippen LogP contribution in [-0.4, -0.2) is 40.0 Å². The standard InChI is InChI=1S/C20H17N3O5/c24-19(21-12-13-6-7-17-18(10-13)28-9-8-27-17)16-11-15(20(25)26)22-23(16)14-4-2-1-3-5-14/h1-7,10-11H,8-9,12H2,(H,21,24)(H,25,26). The Bertz CT molecular complexity index is 1030. The van der Waals surface area contributed by atoms with E-state index in [2.05, 4.69) is 10.4 Å². The number of amides is 1. The number of nitrogens with zero attached hydrogens (tertiary/aromatic N) is 2. The Hall–Kier alpha value is -3.81. The lowest BCUT2D eigenvalue weighted by Crippen LogP contribution is -2.25. The summed E-state index contributed by atoms with van der Waals surface area (Å²) in [5, 5.41) is 16.1. The number of hydrogen-bond donors (Lipinski definition) is 2. The Morgan fingerprint density at radius 1 is 1.04 bits per heavy atom. The lowest BCUT2D eigenvalue weighted by molar-refractivity contribution is 0.0689. The smallest absolute Gasteiger partial charge is 0.356 e. The van der Waals surface area contributed by atoms with E-state index in [0.29, 0.717) is 30.4 Å². The molecule has 8 nitrogen and oxygen atoms in total. The van der Waals surface area contributed by atoms with Crippen LogP contribution in [0.3, 0.4) is 0 Å². The summed E-state index contributed by atoms with van der Waals surface area (Å²) in [5.41, 5.74) is 1.37. The zero-order valence-electron chi connectivity index (χ0n) is 14.8. The van der Waals surface area contributed by atoms with Crippen molar-refractivity contribution in [2.45, 2.75) is 6.54 Å². The fourth-order valence-corrected chi connectivity index (χ4v) is 2.88. The molecular weight excluding hydrogens is 362 g/mol. The number of carbonyl (C=O) groups excluding carboxylic acids is 1. The minimum absolute atomic E-state index is 0.140. The van der Waals surface area contributed by atoms with Gasteiger partial charge in [-0.2, -0.15) is 5.10 Å². The zero-order valence-corrected chi connectivity index (χ0v) is 14.8. The number of aromatic nitrogens is 2. The van der Waals surface area contributed by atoms with E-state index >= 15 is 0 Å². The average molecular weight is 379 g/mol. The van der Waals surface area contributed by atoms with Crippen molar-refractivity contribution < 1.29 is 24.2 Å². The van der Waals surface area contributed by atoms with Crippen LogP contribution in [0, 0.1) is 0 Å². The largest absolute Gasteiger partial charge is 0.486 e. The molecule has 0 fully saturated rings. The summed E-state index contributed by atoms with van der Waals surface area (Å²) in [6.45, 7) is 1.24. The second kappa shape index (κ2) is 7.43. The molecule has 0 aliphatic carbocycles. The van der Waals surface area contributed by atoms with E-state index in [1.165, 1.54) is 10.7 Å². The van der Waals surface area contributed by atoms with Crippen molar-refractivity contribution in [1.29, 1.82) is 0 Å². The van der Waals surface area contributed by atoms with Crippen molar-refractivity contribution >= 4 is 11.9 Å². The van der Waals surface area contributed by atoms with Gasteiger partial charge in [0.1, 0.15) is 18.9 Å². The normalized spacial score (nSPS) is 12.4. The highest BCUT2D eigenvalue weighted by atomic mass is 16.6. The molecule has 0 bridgehead atoms. The van der Waals surface area contributed by atoms with Crippen LogP contribution in [0.25, 0.3) is 5.69 Å². The highest BCUT2D eigenvalue weighted by Gasteiger charge is 2.20. The number of rotatable bonds is 5. The van der Waals surface area contributed by atoms with Gasteiger partial charge in [-0.25, -0.2) is 9.48 Å². The summed E-state index contributed by atoms with van der Waals surface area (Å²) in [7, 11) is 0. The van der Waals surface area contributed by atoms with Gasteiger partial charge in [-0.1, -0.05) is 24.3 Å². The number of carbonyl (C=O) groups is 2. The number of para-hydroxylation sites is 1. The molecule has 2 N–H and O–H groups in total. The van der Waals surface area contributed by atoms with Gasteiger partial charge in [0.15, 0.2) is 17.2 Å². The molecule has 1 amide bonds. The molecule has 0 spiro atoms. The second-order valence-electron chi connectivity index (χ2n) is 6.13. The summed E-state index contributed by atoms with van der Waals surface area (Å²) in [6.07, 6.45) is 0. The van der Waals surface area contributed by atoms with Crippen LogP contribution in [0.1, 0.15) is 26.5 Å². The highest BCUT2D eigenvalue weighted by Crippen LogP contribution is 2.30.